The molecule has 0 atom stereocenters. The molecule has 1 aliphatic rings. The molecule has 110 valence electrons. The highest BCUT2D eigenvalue weighted by Gasteiger charge is 2.32. The Hall–Kier alpha value is -1.35. The van der Waals surface area contributed by atoms with Gasteiger partial charge < -0.3 is 9.47 Å². The highest BCUT2D eigenvalue weighted by atomic mass is 32.2. The second kappa shape index (κ2) is 6.71. The predicted octanol–water partition coefficient (Wildman–Crippen LogP) is -0.138. The molecule has 0 unspecified atom stereocenters. The molecule has 0 saturated carbocycles. The fourth-order valence-electron chi connectivity index (χ4n) is 1.83. The minimum absolute atomic E-state index is 0.0891. The van der Waals surface area contributed by atoms with Gasteiger partial charge in [0.2, 0.25) is 0 Å². The van der Waals surface area contributed by atoms with Gasteiger partial charge in [0.1, 0.15) is 0 Å². The number of carbonyl (C=O) groups excluding carboxylic acids is 2. The largest absolute Gasteiger partial charge is 0.469 e. The zero-order chi connectivity index (χ0) is 14.5. The van der Waals surface area contributed by atoms with Gasteiger partial charge in [-0.15, -0.1) is 0 Å². The number of nitrogens with one attached hydrogen (secondary N) is 1. The second-order valence-electron chi connectivity index (χ2n) is 4.02. The van der Waals surface area contributed by atoms with Crippen molar-refractivity contribution in [3.05, 3.63) is 0 Å². The van der Waals surface area contributed by atoms with Crippen molar-refractivity contribution in [3.63, 3.8) is 0 Å². The number of hydrogen-bond acceptors (Lipinski definition) is 6. The number of ether oxygens (including phenoxy) is 2. The summed E-state index contributed by atoms with van der Waals surface area (Å²) in [5.74, 6) is -0.630. The molecule has 19 heavy (non-hydrogen) atoms. The maximum Gasteiger partial charge on any atom is 0.421 e. The third-order valence-electron chi connectivity index (χ3n) is 2.82. The number of amides is 1. The highest BCUT2D eigenvalue weighted by Crippen LogP contribution is 2.20. The number of esters is 1. The molecule has 0 aromatic heterocycles. The van der Waals surface area contributed by atoms with Crippen LogP contribution in [0.25, 0.3) is 0 Å². The van der Waals surface area contributed by atoms with Crippen LogP contribution >= 0.6 is 0 Å². The van der Waals surface area contributed by atoms with Crippen LogP contribution in [0.3, 0.4) is 0 Å². The molecule has 1 amide bonds. The summed E-state index contributed by atoms with van der Waals surface area (Å²) in [4.78, 5) is 22.4. The van der Waals surface area contributed by atoms with Gasteiger partial charge in [0, 0.05) is 13.1 Å². The number of rotatable bonds is 4. The molecule has 0 radical (unpaired) electrons. The molecule has 0 aliphatic carbocycles. The van der Waals surface area contributed by atoms with Crippen molar-refractivity contribution in [2.24, 2.45) is 5.92 Å². The van der Waals surface area contributed by atoms with E-state index in [4.69, 9.17) is 0 Å². The Balaban J connectivity index is 2.54. The maximum atomic E-state index is 11.8. The number of piperidine rings is 1. The summed E-state index contributed by atoms with van der Waals surface area (Å²) in [7, 11) is -2.60. The van der Waals surface area contributed by atoms with Crippen LogP contribution in [0.15, 0.2) is 0 Å². The molecule has 1 N–H and O–H groups in total. The molecule has 1 rings (SSSR count). The zero-order valence-electron chi connectivity index (χ0n) is 10.9. The Morgan fingerprint density at radius 1 is 1.32 bits per heavy atom. The van der Waals surface area contributed by atoms with Gasteiger partial charge in [0.15, 0.2) is 0 Å². The summed E-state index contributed by atoms with van der Waals surface area (Å²) in [6, 6.07) is 0. The van der Waals surface area contributed by atoms with Crippen LogP contribution in [0.1, 0.15) is 19.8 Å². The monoisotopic (exact) mass is 294 g/mol. The van der Waals surface area contributed by atoms with Crippen molar-refractivity contribution in [1.82, 2.24) is 9.03 Å². The third-order valence-corrected chi connectivity index (χ3v) is 4.29. The van der Waals surface area contributed by atoms with Crippen LogP contribution in [0.4, 0.5) is 4.79 Å². The first-order chi connectivity index (χ1) is 8.90. The first-order valence-corrected chi connectivity index (χ1v) is 7.37. The van der Waals surface area contributed by atoms with E-state index in [1.165, 1.54) is 7.11 Å². The lowest BCUT2D eigenvalue weighted by atomic mass is 9.99. The van der Waals surface area contributed by atoms with Crippen molar-refractivity contribution in [3.8, 4) is 0 Å². The van der Waals surface area contributed by atoms with Crippen molar-refractivity contribution in [1.29, 1.82) is 0 Å². The summed E-state index contributed by atoms with van der Waals surface area (Å²) in [6.07, 6.45) is -0.259. The van der Waals surface area contributed by atoms with Gasteiger partial charge in [-0.3, -0.25) is 4.79 Å². The van der Waals surface area contributed by atoms with E-state index in [1.807, 2.05) is 0 Å². The van der Waals surface area contributed by atoms with Gasteiger partial charge >= 0.3 is 22.3 Å². The number of methoxy groups -OCH3 is 1. The SMILES string of the molecule is CCOC(=O)NS(=O)(=O)N1CCC(C(=O)OC)CC1. The molecule has 0 bridgehead atoms. The maximum absolute atomic E-state index is 11.8. The van der Waals surface area contributed by atoms with Gasteiger partial charge in [-0.25, -0.2) is 9.52 Å². The molecule has 1 heterocycles. The van der Waals surface area contributed by atoms with E-state index < -0.39 is 16.3 Å². The van der Waals surface area contributed by atoms with Crippen molar-refractivity contribution in [2.45, 2.75) is 19.8 Å². The van der Waals surface area contributed by atoms with E-state index in [0.29, 0.717) is 12.8 Å². The van der Waals surface area contributed by atoms with E-state index in [-0.39, 0.29) is 31.6 Å². The number of carbonyl (C=O) groups is 2. The van der Waals surface area contributed by atoms with Gasteiger partial charge in [0.25, 0.3) is 0 Å². The van der Waals surface area contributed by atoms with Gasteiger partial charge in [-0.1, -0.05) is 0 Å². The van der Waals surface area contributed by atoms with Crippen molar-refractivity contribution in [2.75, 3.05) is 26.8 Å². The van der Waals surface area contributed by atoms with Crippen molar-refractivity contribution < 1.29 is 27.5 Å². The molecule has 9 heteroatoms. The van der Waals surface area contributed by atoms with Crippen LogP contribution in [-0.4, -0.2) is 51.6 Å². The molecule has 8 nitrogen and oxygen atoms in total. The molecule has 1 fully saturated rings. The van der Waals surface area contributed by atoms with Crippen LogP contribution in [0.2, 0.25) is 0 Å². The Morgan fingerprint density at radius 3 is 2.37 bits per heavy atom. The van der Waals surface area contributed by atoms with E-state index in [2.05, 4.69) is 9.47 Å². The Labute approximate surface area is 112 Å². The standard InChI is InChI=1S/C10H18N2O6S/c1-3-18-10(14)11-19(15,16)12-6-4-8(5-7-12)9(13)17-2/h8H,3-7H2,1-2H3,(H,11,14). The quantitative estimate of drug-likeness (QED) is 0.724. The lowest BCUT2D eigenvalue weighted by Crippen LogP contribution is -2.47. The van der Waals surface area contributed by atoms with E-state index in [1.54, 1.807) is 11.6 Å². The Kier molecular flexibility index (Phi) is 5.55. The minimum Gasteiger partial charge on any atom is -0.469 e. The summed E-state index contributed by atoms with van der Waals surface area (Å²) in [6.45, 7) is 1.99. The third kappa shape index (κ3) is 4.35. The van der Waals surface area contributed by atoms with Gasteiger partial charge in [0.05, 0.1) is 19.6 Å². The van der Waals surface area contributed by atoms with Gasteiger partial charge in [-0.2, -0.15) is 12.7 Å². The van der Waals surface area contributed by atoms with Crippen LogP contribution < -0.4 is 4.72 Å². The number of nitrogens with zero attached hydrogens (tertiary/aromatic N) is 1. The predicted molar refractivity (Wildman–Crippen MR) is 65.4 cm³/mol. The average molecular weight is 294 g/mol. The second-order valence-corrected chi connectivity index (χ2v) is 5.69. The number of hydrogen-bond donors (Lipinski definition) is 1. The molecule has 0 aromatic carbocycles. The molecule has 0 aromatic rings. The summed E-state index contributed by atoms with van der Waals surface area (Å²) in [5, 5.41) is 0. The summed E-state index contributed by atoms with van der Waals surface area (Å²) in [5.41, 5.74) is 0. The van der Waals surface area contributed by atoms with Crippen LogP contribution in [-0.2, 0) is 24.5 Å². The molecule has 0 spiro atoms. The zero-order valence-corrected chi connectivity index (χ0v) is 11.7. The molecule has 1 saturated heterocycles. The van der Waals surface area contributed by atoms with Crippen LogP contribution in [0, 0.1) is 5.92 Å². The fraction of sp³-hybridized carbons (Fsp3) is 0.800. The minimum atomic E-state index is -3.90. The normalized spacial score (nSPS) is 17.8. The first-order valence-electron chi connectivity index (χ1n) is 5.93. The summed E-state index contributed by atoms with van der Waals surface area (Å²) >= 11 is 0. The Bertz CT molecular complexity index is 427. The smallest absolute Gasteiger partial charge is 0.421 e. The van der Waals surface area contributed by atoms with E-state index in [0.717, 1.165) is 4.31 Å². The highest BCUT2D eigenvalue weighted by molar-refractivity contribution is 7.87. The topological polar surface area (TPSA) is 102 Å². The first kappa shape index (κ1) is 15.7. The van der Waals surface area contributed by atoms with Gasteiger partial charge in [-0.05, 0) is 19.8 Å². The van der Waals surface area contributed by atoms with E-state index >= 15 is 0 Å². The Morgan fingerprint density at radius 2 is 1.89 bits per heavy atom. The lowest BCUT2D eigenvalue weighted by molar-refractivity contribution is -0.146. The molecule has 1 aliphatic heterocycles. The van der Waals surface area contributed by atoms with Crippen LogP contribution in [0.5, 0.6) is 0 Å². The molecular formula is C10H18N2O6S. The average Bonchev–Trinajstić information content (AvgIpc) is 2.37. The summed E-state index contributed by atoms with van der Waals surface area (Å²) < 4.78 is 35.7. The van der Waals surface area contributed by atoms with Crippen molar-refractivity contribution >= 4 is 22.3 Å². The lowest BCUT2D eigenvalue weighted by Gasteiger charge is -2.29. The fourth-order valence-corrected chi connectivity index (χ4v) is 2.92. The molecular weight excluding hydrogens is 276 g/mol. The van der Waals surface area contributed by atoms with E-state index in [9.17, 15) is 18.0 Å².